The summed E-state index contributed by atoms with van der Waals surface area (Å²) in [6.45, 7) is 0.621. The van der Waals surface area contributed by atoms with Crippen LogP contribution in [0.15, 0.2) is 29.3 Å². The van der Waals surface area contributed by atoms with Crippen molar-refractivity contribution in [1.82, 2.24) is 10.2 Å². The van der Waals surface area contributed by atoms with E-state index in [4.69, 9.17) is 0 Å². The van der Waals surface area contributed by atoms with Crippen LogP contribution in [0, 0.1) is 0 Å². The number of rotatable bonds is 3. The van der Waals surface area contributed by atoms with Gasteiger partial charge in [-0.15, -0.1) is 0 Å². The molecule has 0 aliphatic rings. The molecule has 0 aliphatic carbocycles. The lowest BCUT2D eigenvalue weighted by Crippen LogP contribution is -2.37. The average molecular weight is 273 g/mol. The summed E-state index contributed by atoms with van der Waals surface area (Å²) in [4.78, 5) is 5.89. The summed E-state index contributed by atoms with van der Waals surface area (Å²) in [6, 6.07) is 5.22. The van der Waals surface area contributed by atoms with Gasteiger partial charge in [-0.05, 0) is 24.1 Å². The second-order valence-corrected chi connectivity index (χ2v) is 4.31. The summed E-state index contributed by atoms with van der Waals surface area (Å²) in [5.41, 5.74) is 0.239. The molecule has 0 heterocycles. The molecular weight excluding hydrogens is 255 g/mol. The molecule has 0 aromatic heterocycles. The number of hydrogen-bond acceptors (Lipinski definition) is 1. The van der Waals surface area contributed by atoms with Crippen LogP contribution in [-0.4, -0.2) is 38.5 Å². The minimum absolute atomic E-state index is 0.617. The van der Waals surface area contributed by atoms with Gasteiger partial charge in [-0.1, -0.05) is 12.1 Å². The molecule has 1 aromatic carbocycles. The van der Waals surface area contributed by atoms with Crippen molar-refractivity contribution >= 4 is 5.96 Å². The zero-order valence-electron chi connectivity index (χ0n) is 11.3. The molecule has 1 rings (SSSR count). The van der Waals surface area contributed by atoms with E-state index >= 15 is 0 Å². The smallest absolute Gasteiger partial charge is 0.356 e. The van der Waals surface area contributed by atoms with Gasteiger partial charge in [0.2, 0.25) is 0 Å². The Morgan fingerprint density at radius 3 is 2.21 bits per heavy atom. The van der Waals surface area contributed by atoms with E-state index in [0.29, 0.717) is 13.0 Å². The third-order valence-electron chi connectivity index (χ3n) is 2.61. The molecule has 0 saturated carbocycles. The average Bonchev–Trinajstić information content (AvgIpc) is 2.33. The van der Waals surface area contributed by atoms with Crippen LogP contribution in [0.1, 0.15) is 11.1 Å². The van der Waals surface area contributed by atoms with Gasteiger partial charge in [0.25, 0.3) is 0 Å². The summed E-state index contributed by atoms with van der Waals surface area (Å²) in [5.74, 6) is 0.743. The maximum Gasteiger partial charge on any atom is 0.416 e. The fourth-order valence-corrected chi connectivity index (χ4v) is 1.62. The molecule has 0 saturated heterocycles. The van der Waals surface area contributed by atoms with Gasteiger partial charge in [-0.25, -0.2) is 0 Å². The number of hydrogen-bond donors (Lipinski definition) is 1. The molecule has 0 radical (unpaired) electrons. The Balaban J connectivity index is 2.51. The van der Waals surface area contributed by atoms with Crippen LogP contribution >= 0.6 is 0 Å². The highest BCUT2D eigenvalue weighted by Gasteiger charge is 2.29. The Labute approximate surface area is 111 Å². The minimum atomic E-state index is -4.27. The maximum absolute atomic E-state index is 12.4. The van der Waals surface area contributed by atoms with Gasteiger partial charge in [-0.2, -0.15) is 13.2 Å². The summed E-state index contributed by atoms with van der Waals surface area (Å²) < 4.78 is 37.1. The first kappa shape index (κ1) is 15.3. The number of nitrogens with zero attached hydrogens (tertiary/aromatic N) is 2. The van der Waals surface area contributed by atoms with Gasteiger partial charge >= 0.3 is 6.18 Å². The van der Waals surface area contributed by atoms with Gasteiger partial charge in [-0.3, -0.25) is 4.99 Å². The summed E-state index contributed by atoms with van der Waals surface area (Å²) >= 11 is 0. The van der Waals surface area contributed by atoms with Gasteiger partial charge in [0.1, 0.15) is 0 Å². The van der Waals surface area contributed by atoms with Crippen molar-refractivity contribution in [1.29, 1.82) is 0 Å². The van der Waals surface area contributed by atoms with Crippen molar-refractivity contribution in [2.75, 3.05) is 27.7 Å². The SMILES string of the molecule is CN=C(NCCc1ccc(C(F)(F)F)cc1)N(C)C. The molecule has 106 valence electrons. The number of aliphatic imine (C=N–C) groups is 1. The van der Waals surface area contributed by atoms with Crippen LogP contribution in [-0.2, 0) is 12.6 Å². The quantitative estimate of drug-likeness (QED) is 0.676. The highest BCUT2D eigenvalue weighted by atomic mass is 19.4. The number of alkyl halides is 3. The van der Waals surface area contributed by atoms with E-state index < -0.39 is 11.7 Å². The van der Waals surface area contributed by atoms with Crippen molar-refractivity contribution in [3.8, 4) is 0 Å². The zero-order chi connectivity index (χ0) is 14.5. The first-order valence-electron chi connectivity index (χ1n) is 5.88. The lowest BCUT2D eigenvalue weighted by Gasteiger charge is -2.16. The zero-order valence-corrected chi connectivity index (χ0v) is 11.3. The van der Waals surface area contributed by atoms with Crippen molar-refractivity contribution < 1.29 is 13.2 Å². The normalized spacial score (nSPS) is 12.4. The van der Waals surface area contributed by atoms with Crippen LogP contribution in [0.25, 0.3) is 0 Å². The third-order valence-corrected chi connectivity index (χ3v) is 2.61. The topological polar surface area (TPSA) is 27.6 Å². The molecule has 0 atom stereocenters. The molecule has 0 bridgehead atoms. The summed E-state index contributed by atoms with van der Waals surface area (Å²) in [7, 11) is 5.42. The van der Waals surface area contributed by atoms with E-state index in [1.54, 1.807) is 7.05 Å². The fraction of sp³-hybridized carbons (Fsp3) is 0.462. The van der Waals surface area contributed by atoms with Gasteiger partial charge in [0.15, 0.2) is 5.96 Å². The number of nitrogens with one attached hydrogen (secondary N) is 1. The van der Waals surface area contributed by atoms with E-state index in [1.165, 1.54) is 12.1 Å². The third kappa shape index (κ3) is 4.81. The molecule has 3 nitrogen and oxygen atoms in total. The molecule has 0 spiro atoms. The molecule has 6 heteroatoms. The van der Waals surface area contributed by atoms with E-state index in [-0.39, 0.29) is 0 Å². The largest absolute Gasteiger partial charge is 0.416 e. The molecule has 0 aliphatic heterocycles. The Hall–Kier alpha value is -1.72. The summed E-state index contributed by atoms with van der Waals surface area (Å²) in [5, 5.41) is 3.12. The molecule has 0 unspecified atom stereocenters. The second kappa shape index (κ2) is 6.45. The fourth-order valence-electron chi connectivity index (χ4n) is 1.62. The van der Waals surface area contributed by atoms with Crippen LogP contribution < -0.4 is 5.32 Å². The Bertz CT molecular complexity index is 422. The monoisotopic (exact) mass is 273 g/mol. The number of benzene rings is 1. The lowest BCUT2D eigenvalue weighted by molar-refractivity contribution is -0.137. The van der Waals surface area contributed by atoms with E-state index in [0.717, 1.165) is 23.7 Å². The molecule has 0 amide bonds. The van der Waals surface area contributed by atoms with Gasteiger partial charge in [0.05, 0.1) is 5.56 Å². The highest BCUT2D eigenvalue weighted by Crippen LogP contribution is 2.29. The molecule has 1 N–H and O–H groups in total. The predicted molar refractivity (Wildman–Crippen MR) is 70.2 cm³/mol. The van der Waals surface area contributed by atoms with Crippen molar-refractivity contribution in [3.63, 3.8) is 0 Å². The van der Waals surface area contributed by atoms with Crippen molar-refractivity contribution in [2.45, 2.75) is 12.6 Å². The maximum atomic E-state index is 12.4. The van der Waals surface area contributed by atoms with E-state index in [1.807, 2.05) is 19.0 Å². The second-order valence-electron chi connectivity index (χ2n) is 4.31. The van der Waals surface area contributed by atoms with Gasteiger partial charge < -0.3 is 10.2 Å². The first-order chi connectivity index (χ1) is 8.84. The minimum Gasteiger partial charge on any atom is -0.356 e. The van der Waals surface area contributed by atoms with E-state index in [2.05, 4.69) is 10.3 Å². The van der Waals surface area contributed by atoms with Gasteiger partial charge in [0, 0.05) is 27.7 Å². The molecule has 1 aromatic rings. The first-order valence-corrected chi connectivity index (χ1v) is 5.88. The van der Waals surface area contributed by atoms with Crippen molar-refractivity contribution in [3.05, 3.63) is 35.4 Å². The molecule has 0 fully saturated rings. The highest BCUT2D eigenvalue weighted by molar-refractivity contribution is 5.79. The lowest BCUT2D eigenvalue weighted by atomic mass is 10.1. The summed E-state index contributed by atoms with van der Waals surface area (Å²) in [6.07, 6.45) is -3.63. The van der Waals surface area contributed by atoms with Crippen LogP contribution in [0.5, 0.6) is 0 Å². The van der Waals surface area contributed by atoms with Crippen LogP contribution in [0.3, 0.4) is 0 Å². The predicted octanol–water partition coefficient (Wildman–Crippen LogP) is 2.38. The van der Waals surface area contributed by atoms with Crippen LogP contribution in [0.2, 0.25) is 0 Å². The Kier molecular flexibility index (Phi) is 5.20. The Morgan fingerprint density at radius 1 is 1.21 bits per heavy atom. The van der Waals surface area contributed by atoms with Crippen molar-refractivity contribution in [2.24, 2.45) is 4.99 Å². The Morgan fingerprint density at radius 2 is 1.79 bits per heavy atom. The number of guanidine groups is 1. The number of halogens is 3. The molecule has 19 heavy (non-hydrogen) atoms. The standard InChI is InChI=1S/C13H18F3N3/c1-17-12(19(2)3)18-9-8-10-4-6-11(7-5-10)13(14,15)16/h4-7H,8-9H2,1-3H3,(H,17,18). The molecular formula is C13H18F3N3. The van der Waals surface area contributed by atoms with E-state index in [9.17, 15) is 13.2 Å². The van der Waals surface area contributed by atoms with Crippen LogP contribution in [0.4, 0.5) is 13.2 Å².